The fourth-order valence-electron chi connectivity index (χ4n) is 1.85. The van der Waals surface area contributed by atoms with Crippen LogP contribution in [0.15, 0.2) is 6.20 Å². The highest BCUT2D eigenvalue weighted by Crippen LogP contribution is 2.30. The Hall–Kier alpha value is -1.36. The van der Waals surface area contributed by atoms with Gasteiger partial charge in [-0.15, -0.1) is 0 Å². The van der Waals surface area contributed by atoms with Gasteiger partial charge in [0.2, 0.25) is 0 Å². The van der Waals surface area contributed by atoms with E-state index in [0.29, 0.717) is 6.42 Å². The van der Waals surface area contributed by atoms with Gasteiger partial charge in [-0.3, -0.25) is 9.48 Å². The second-order valence-electron chi connectivity index (χ2n) is 5.49. The van der Waals surface area contributed by atoms with Crippen LogP contribution in [0.2, 0.25) is 0 Å². The lowest BCUT2D eigenvalue weighted by molar-refractivity contribution is -0.141. The summed E-state index contributed by atoms with van der Waals surface area (Å²) in [6, 6.07) is 0. The summed E-state index contributed by atoms with van der Waals surface area (Å²) in [5.74, 6) is -0.310. The Balaban J connectivity index is 2.85. The Kier molecular flexibility index (Phi) is 4.51. The molecule has 18 heavy (non-hydrogen) atoms. The molecule has 0 saturated carbocycles. The molecule has 5 nitrogen and oxygen atoms in total. The maximum absolute atomic E-state index is 11.1. The molecular weight excluding hydrogens is 232 g/mol. The summed E-state index contributed by atoms with van der Waals surface area (Å²) in [7, 11) is 3.17. The monoisotopic (exact) mass is 254 g/mol. The lowest BCUT2D eigenvalue weighted by atomic mass is 9.87. The topological polar surface area (TPSA) is 64.3 Å². The van der Waals surface area contributed by atoms with E-state index in [-0.39, 0.29) is 17.8 Å². The van der Waals surface area contributed by atoms with E-state index < -0.39 is 6.10 Å². The average molecular weight is 254 g/mol. The molecule has 1 aromatic heterocycles. The number of methoxy groups -OCH3 is 1. The number of carbonyl (C=O) groups is 1. The number of aryl methyl sites for hydroxylation is 1. The summed E-state index contributed by atoms with van der Waals surface area (Å²) in [5, 5.41) is 14.6. The van der Waals surface area contributed by atoms with Gasteiger partial charge < -0.3 is 9.84 Å². The molecule has 0 bridgehead atoms. The number of aromatic nitrogens is 2. The normalized spacial score (nSPS) is 13.4. The summed E-state index contributed by atoms with van der Waals surface area (Å²) < 4.78 is 6.26. The van der Waals surface area contributed by atoms with Gasteiger partial charge in [0, 0.05) is 30.6 Å². The molecule has 0 fully saturated rings. The van der Waals surface area contributed by atoms with Crippen LogP contribution in [-0.4, -0.2) is 28.0 Å². The zero-order valence-corrected chi connectivity index (χ0v) is 11.7. The first-order chi connectivity index (χ1) is 8.25. The van der Waals surface area contributed by atoms with Crippen molar-refractivity contribution in [2.75, 3.05) is 7.11 Å². The van der Waals surface area contributed by atoms with Crippen LogP contribution >= 0.6 is 0 Å². The Morgan fingerprint density at radius 2 is 2.17 bits per heavy atom. The third-order valence-corrected chi connectivity index (χ3v) is 2.78. The Labute approximate surface area is 108 Å². The SMILES string of the molecule is COC(=O)CCC(O)c1cn(C)nc1C(C)(C)C. The molecule has 1 rings (SSSR count). The number of rotatable bonds is 4. The predicted octanol–water partition coefficient (Wildman–Crippen LogP) is 1.70. The Morgan fingerprint density at radius 3 is 2.67 bits per heavy atom. The van der Waals surface area contributed by atoms with Crippen LogP contribution in [0, 0.1) is 0 Å². The van der Waals surface area contributed by atoms with Crippen molar-refractivity contribution in [1.29, 1.82) is 0 Å². The first-order valence-corrected chi connectivity index (χ1v) is 6.04. The van der Waals surface area contributed by atoms with Gasteiger partial charge in [0.25, 0.3) is 0 Å². The maximum Gasteiger partial charge on any atom is 0.305 e. The van der Waals surface area contributed by atoms with Crippen LogP contribution in [0.25, 0.3) is 0 Å². The minimum Gasteiger partial charge on any atom is -0.469 e. The largest absolute Gasteiger partial charge is 0.469 e. The van der Waals surface area contributed by atoms with Crippen LogP contribution in [-0.2, 0) is 22.0 Å². The van der Waals surface area contributed by atoms with Gasteiger partial charge in [-0.1, -0.05) is 20.8 Å². The standard InChI is InChI=1S/C13H22N2O3/c1-13(2,3)12-9(8-15(4)14-12)10(16)6-7-11(17)18-5/h8,10,16H,6-7H2,1-5H3. The van der Waals surface area contributed by atoms with Gasteiger partial charge in [0.1, 0.15) is 0 Å². The molecule has 0 aromatic carbocycles. The van der Waals surface area contributed by atoms with E-state index in [4.69, 9.17) is 0 Å². The first kappa shape index (κ1) is 14.7. The molecule has 5 heteroatoms. The fourth-order valence-corrected chi connectivity index (χ4v) is 1.85. The van der Waals surface area contributed by atoms with Crippen molar-refractivity contribution in [2.24, 2.45) is 7.05 Å². The molecule has 0 amide bonds. The number of esters is 1. The van der Waals surface area contributed by atoms with E-state index in [1.54, 1.807) is 4.68 Å². The van der Waals surface area contributed by atoms with Gasteiger partial charge >= 0.3 is 5.97 Å². The van der Waals surface area contributed by atoms with E-state index in [9.17, 15) is 9.90 Å². The summed E-state index contributed by atoms with van der Waals surface area (Å²) in [6.45, 7) is 6.14. The zero-order chi connectivity index (χ0) is 13.9. The van der Waals surface area contributed by atoms with Crippen molar-refractivity contribution in [3.63, 3.8) is 0 Å². The van der Waals surface area contributed by atoms with Crippen molar-refractivity contribution in [3.8, 4) is 0 Å². The molecule has 0 aliphatic carbocycles. The molecule has 1 atom stereocenters. The number of aliphatic hydroxyl groups is 1. The summed E-state index contributed by atoms with van der Waals surface area (Å²) in [4.78, 5) is 11.1. The molecule has 1 heterocycles. The highest BCUT2D eigenvalue weighted by molar-refractivity contribution is 5.69. The van der Waals surface area contributed by atoms with Gasteiger partial charge in [-0.25, -0.2) is 0 Å². The van der Waals surface area contributed by atoms with Gasteiger partial charge in [0.05, 0.1) is 18.9 Å². The van der Waals surface area contributed by atoms with Crippen molar-refractivity contribution >= 4 is 5.97 Å². The number of hydrogen-bond donors (Lipinski definition) is 1. The number of ether oxygens (including phenoxy) is 1. The molecular formula is C13H22N2O3. The highest BCUT2D eigenvalue weighted by Gasteiger charge is 2.25. The van der Waals surface area contributed by atoms with Crippen molar-refractivity contribution in [1.82, 2.24) is 9.78 Å². The van der Waals surface area contributed by atoms with E-state index >= 15 is 0 Å². The molecule has 1 N–H and O–H groups in total. The van der Waals surface area contributed by atoms with Crippen molar-refractivity contribution in [2.45, 2.75) is 45.1 Å². The van der Waals surface area contributed by atoms with E-state index in [1.165, 1.54) is 7.11 Å². The van der Waals surface area contributed by atoms with Crippen LogP contribution in [0.1, 0.15) is 51.0 Å². The molecule has 0 radical (unpaired) electrons. The maximum atomic E-state index is 11.1. The summed E-state index contributed by atoms with van der Waals surface area (Å²) in [5.41, 5.74) is 1.51. The van der Waals surface area contributed by atoms with Gasteiger partial charge in [-0.2, -0.15) is 5.10 Å². The lowest BCUT2D eigenvalue weighted by Gasteiger charge is -2.19. The van der Waals surface area contributed by atoms with Crippen LogP contribution in [0.4, 0.5) is 0 Å². The smallest absolute Gasteiger partial charge is 0.305 e. The molecule has 0 saturated heterocycles. The van der Waals surface area contributed by atoms with E-state index in [2.05, 4.69) is 9.84 Å². The third kappa shape index (κ3) is 3.57. The minimum atomic E-state index is -0.688. The molecule has 1 unspecified atom stereocenters. The Morgan fingerprint density at radius 1 is 1.56 bits per heavy atom. The molecule has 102 valence electrons. The molecule has 0 aliphatic heterocycles. The highest BCUT2D eigenvalue weighted by atomic mass is 16.5. The Bertz CT molecular complexity index is 418. The average Bonchev–Trinajstić information content (AvgIpc) is 2.67. The van der Waals surface area contributed by atoms with Crippen LogP contribution < -0.4 is 0 Å². The minimum absolute atomic E-state index is 0.136. The fraction of sp³-hybridized carbons (Fsp3) is 0.692. The number of aliphatic hydroxyl groups excluding tert-OH is 1. The van der Waals surface area contributed by atoms with Gasteiger partial charge in [0.15, 0.2) is 0 Å². The number of carbonyl (C=O) groups excluding carboxylic acids is 1. The number of nitrogens with zero attached hydrogens (tertiary/aromatic N) is 2. The van der Waals surface area contributed by atoms with Gasteiger partial charge in [-0.05, 0) is 6.42 Å². The first-order valence-electron chi connectivity index (χ1n) is 6.04. The van der Waals surface area contributed by atoms with Crippen molar-refractivity contribution < 1.29 is 14.6 Å². The lowest BCUT2D eigenvalue weighted by Crippen LogP contribution is -2.16. The van der Waals surface area contributed by atoms with E-state index in [1.807, 2.05) is 34.0 Å². The van der Waals surface area contributed by atoms with E-state index in [0.717, 1.165) is 11.3 Å². The summed E-state index contributed by atoms with van der Waals surface area (Å²) in [6.07, 6.45) is 1.67. The predicted molar refractivity (Wildman–Crippen MR) is 68.1 cm³/mol. The number of hydrogen-bond acceptors (Lipinski definition) is 4. The summed E-state index contributed by atoms with van der Waals surface area (Å²) >= 11 is 0. The molecule has 1 aromatic rings. The third-order valence-electron chi connectivity index (χ3n) is 2.78. The van der Waals surface area contributed by atoms with Crippen LogP contribution in [0.5, 0.6) is 0 Å². The zero-order valence-electron chi connectivity index (χ0n) is 11.7. The molecule has 0 aliphatic rings. The second-order valence-corrected chi connectivity index (χ2v) is 5.49. The molecule has 0 spiro atoms. The van der Waals surface area contributed by atoms with Crippen LogP contribution in [0.3, 0.4) is 0 Å². The van der Waals surface area contributed by atoms with Crippen molar-refractivity contribution in [3.05, 3.63) is 17.5 Å². The second kappa shape index (κ2) is 5.52. The quantitative estimate of drug-likeness (QED) is 0.831.